The Bertz CT molecular complexity index is 312. The predicted octanol–water partition coefficient (Wildman–Crippen LogP) is 3.68. The molecule has 0 aliphatic heterocycles. The van der Waals surface area contributed by atoms with Crippen LogP contribution in [0.5, 0.6) is 0 Å². The fourth-order valence-electron chi connectivity index (χ4n) is 0.783. The Balaban J connectivity index is 3.13. The highest BCUT2D eigenvalue weighted by Crippen LogP contribution is 2.21. The highest BCUT2D eigenvalue weighted by molar-refractivity contribution is 9.10. The van der Waals surface area contributed by atoms with Gasteiger partial charge in [-0.15, -0.1) is 0 Å². The molecule has 0 heterocycles. The molecule has 0 saturated carbocycles. The van der Waals surface area contributed by atoms with Gasteiger partial charge in [0.25, 0.3) is 0 Å². The fraction of sp³-hybridized carbons (Fsp3) is 0.125. The van der Waals surface area contributed by atoms with Crippen molar-refractivity contribution in [1.82, 2.24) is 0 Å². The summed E-state index contributed by atoms with van der Waals surface area (Å²) >= 11 is 12.1. The van der Waals surface area contributed by atoms with Crippen molar-refractivity contribution in [3.05, 3.63) is 33.3 Å². The molecular formula is C8H5Br2ClO. The maximum atomic E-state index is 11.3. The van der Waals surface area contributed by atoms with E-state index in [-0.39, 0.29) is 5.78 Å². The Morgan fingerprint density at radius 1 is 1.50 bits per heavy atom. The van der Waals surface area contributed by atoms with Crippen LogP contribution >= 0.6 is 43.5 Å². The van der Waals surface area contributed by atoms with E-state index in [0.717, 1.165) is 4.47 Å². The molecule has 1 aromatic rings. The minimum Gasteiger partial charge on any atom is -0.293 e. The topological polar surface area (TPSA) is 17.1 Å². The molecule has 0 aliphatic carbocycles. The van der Waals surface area contributed by atoms with Crippen molar-refractivity contribution in [2.45, 2.75) is 0 Å². The van der Waals surface area contributed by atoms with Crippen LogP contribution in [0.15, 0.2) is 22.7 Å². The van der Waals surface area contributed by atoms with Crippen molar-refractivity contribution in [3.8, 4) is 0 Å². The molecule has 0 N–H and O–H groups in total. The third-order valence-corrected chi connectivity index (χ3v) is 2.79. The molecule has 12 heavy (non-hydrogen) atoms. The number of carbonyl (C=O) groups is 1. The Morgan fingerprint density at radius 3 is 2.75 bits per heavy atom. The molecular weight excluding hydrogens is 307 g/mol. The molecule has 1 aromatic carbocycles. The smallest absolute Gasteiger partial charge is 0.174 e. The summed E-state index contributed by atoms with van der Waals surface area (Å²) in [7, 11) is 0. The Morgan fingerprint density at radius 2 is 2.17 bits per heavy atom. The Hall–Kier alpha value is 0.140. The van der Waals surface area contributed by atoms with Crippen LogP contribution in [0.25, 0.3) is 0 Å². The number of hydrogen-bond donors (Lipinski definition) is 0. The highest BCUT2D eigenvalue weighted by Gasteiger charge is 2.08. The standard InChI is InChI=1S/C8H5Br2ClO/c9-4-8(12)6-3-5(11)1-2-7(6)10/h1-3H,4H2. The lowest BCUT2D eigenvalue weighted by Gasteiger charge is -2.00. The zero-order valence-electron chi connectivity index (χ0n) is 5.98. The number of rotatable bonds is 2. The molecule has 1 nitrogen and oxygen atoms in total. The molecule has 4 heteroatoms. The first-order valence-electron chi connectivity index (χ1n) is 3.19. The van der Waals surface area contributed by atoms with Gasteiger partial charge in [0.15, 0.2) is 5.78 Å². The van der Waals surface area contributed by atoms with Gasteiger partial charge in [-0.25, -0.2) is 0 Å². The van der Waals surface area contributed by atoms with Crippen LogP contribution in [0.3, 0.4) is 0 Å². The maximum absolute atomic E-state index is 11.3. The second-order valence-electron chi connectivity index (χ2n) is 2.18. The van der Waals surface area contributed by atoms with Gasteiger partial charge in [-0.1, -0.05) is 43.5 Å². The summed E-state index contributed by atoms with van der Waals surface area (Å²) in [5.41, 5.74) is 0.611. The van der Waals surface area contributed by atoms with Gasteiger partial charge >= 0.3 is 0 Å². The fourth-order valence-corrected chi connectivity index (χ4v) is 1.73. The normalized spacial score (nSPS) is 9.92. The van der Waals surface area contributed by atoms with Crippen molar-refractivity contribution in [2.75, 3.05) is 5.33 Å². The van der Waals surface area contributed by atoms with Gasteiger partial charge in [0.05, 0.1) is 5.33 Å². The average molecular weight is 312 g/mol. The summed E-state index contributed by atoms with van der Waals surface area (Å²) < 4.78 is 0.774. The first-order valence-corrected chi connectivity index (χ1v) is 5.48. The summed E-state index contributed by atoms with van der Waals surface area (Å²) in [6.07, 6.45) is 0. The molecule has 0 saturated heterocycles. The third-order valence-electron chi connectivity index (χ3n) is 1.35. The minimum atomic E-state index is 0.0179. The summed E-state index contributed by atoms with van der Waals surface area (Å²) in [6, 6.07) is 5.14. The van der Waals surface area contributed by atoms with Gasteiger partial charge in [0.2, 0.25) is 0 Å². The molecule has 0 atom stereocenters. The van der Waals surface area contributed by atoms with Crippen LogP contribution in [0.4, 0.5) is 0 Å². The summed E-state index contributed by atoms with van der Waals surface area (Å²) in [5, 5.41) is 0.883. The number of carbonyl (C=O) groups excluding carboxylic acids is 1. The van der Waals surface area contributed by atoms with E-state index in [2.05, 4.69) is 31.9 Å². The van der Waals surface area contributed by atoms with E-state index < -0.39 is 0 Å². The number of Topliss-reactive ketones (excluding diaryl/α,β-unsaturated/α-hetero) is 1. The molecule has 0 amide bonds. The maximum Gasteiger partial charge on any atom is 0.174 e. The molecule has 0 spiro atoms. The highest BCUT2D eigenvalue weighted by atomic mass is 79.9. The molecule has 0 unspecified atom stereocenters. The Labute approximate surface area is 92.4 Å². The van der Waals surface area contributed by atoms with E-state index >= 15 is 0 Å². The van der Waals surface area contributed by atoms with Gasteiger partial charge in [0, 0.05) is 15.1 Å². The lowest BCUT2D eigenvalue weighted by molar-refractivity contribution is 0.102. The number of halogens is 3. The Kier molecular flexibility index (Phi) is 3.75. The molecule has 0 radical (unpaired) electrons. The van der Waals surface area contributed by atoms with Gasteiger partial charge in [-0.05, 0) is 18.2 Å². The van der Waals surface area contributed by atoms with E-state index in [9.17, 15) is 4.79 Å². The first-order chi connectivity index (χ1) is 5.65. The van der Waals surface area contributed by atoms with E-state index in [1.54, 1.807) is 18.2 Å². The number of ketones is 1. The minimum absolute atomic E-state index is 0.0179. The largest absolute Gasteiger partial charge is 0.293 e. The zero-order chi connectivity index (χ0) is 9.14. The second kappa shape index (κ2) is 4.40. The average Bonchev–Trinajstić information content (AvgIpc) is 2.08. The van der Waals surface area contributed by atoms with Gasteiger partial charge in [-0.2, -0.15) is 0 Å². The van der Waals surface area contributed by atoms with Gasteiger partial charge in [-0.3, -0.25) is 4.79 Å². The van der Waals surface area contributed by atoms with Crippen LogP contribution in [0.1, 0.15) is 10.4 Å². The van der Waals surface area contributed by atoms with Crippen LogP contribution in [-0.2, 0) is 0 Å². The van der Waals surface area contributed by atoms with Crippen LogP contribution in [0, 0.1) is 0 Å². The SMILES string of the molecule is O=C(CBr)c1cc(Cl)ccc1Br. The quantitative estimate of drug-likeness (QED) is 0.601. The van der Waals surface area contributed by atoms with Crippen molar-refractivity contribution in [1.29, 1.82) is 0 Å². The first kappa shape index (κ1) is 10.2. The summed E-state index contributed by atoms with van der Waals surface area (Å²) in [4.78, 5) is 11.3. The lowest BCUT2D eigenvalue weighted by Crippen LogP contribution is -2.00. The van der Waals surface area contributed by atoms with Crippen molar-refractivity contribution in [3.63, 3.8) is 0 Å². The number of hydrogen-bond acceptors (Lipinski definition) is 1. The van der Waals surface area contributed by atoms with Crippen molar-refractivity contribution >= 4 is 49.2 Å². The number of benzene rings is 1. The monoisotopic (exact) mass is 310 g/mol. The molecule has 1 rings (SSSR count). The summed E-state index contributed by atoms with van der Waals surface area (Å²) in [5.74, 6) is 0.0179. The van der Waals surface area contributed by atoms with Crippen molar-refractivity contribution < 1.29 is 4.79 Å². The van der Waals surface area contributed by atoms with E-state index in [1.165, 1.54) is 0 Å². The molecule has 0 bridgehead atoms. The third kappa shape index (κ3) is 2.31. The zero-order valence-corrected chi connectivity index (χ0v) is 9.91. The lowest BCUT2D eigenvalue weighted by atomic mass is 10.1. The number of alkyl halides is 1. The van der Waals surface area contributed by atoms with Gasteiger partial charge in [0.1, 0.15) is 0 Å². The molecule has 0 aromatic heterocycles. The summed E-state index contributed by atoms with van der Waals surface area (Å²) in [6.45, 7) is 0. The van der Waals surface area contributed by atoms with E-state index in [4.69, 9.17) is 11.6 Å². The van der Waals surface area contributed by atoms with Crippen LogP contribution in [-0.4, -0.2) is 11.1 Å². The van der Waals surface area contributed by atoms with E-state index in [1.807, 2.05) is 0 Å². The molecule has 0 aliphatic rings. The van der Waals surface area contributed by atoms with Crippen LogP contribution < -0.4 is 0 Å². The molecule has 0 fully saturated rings. The predicted molar refractivity (Wildman–Crippen MR) is 57.3 cm³/mol. The second-order valence-corrected chi connectivity index (χ2v) is 4.03. The van der Waals surface area contributed by atoms with E-state index in [0.29, 0.717) is 15.9 Å². The van der Waals surface area contributed by atoms with Gasteiger partial charge < -0.3 is 0 Å². The van der Waals surface area contributed by atoms with Crippen molar-refractivity contribution in [2.24, 2.45) is 0 Å². The van der Waals surface area contributed by atoms with Crippen LogP contribution in [0.2, 0.25) is 5.02 Å². The molecule has 64 valence electrons.